The Hall–Kier alpha value is -3.06. The second-order valence-electron chi connectivity index (χ2n) is 8.28. The van der Waals surface area contributed by atoms with Gasteiger partial charge in [0.2, 0.25) is 0 Å². The van der Waals surface area contributed by atoms with Crippen molar-refractivity contribution in [1.29, 1.82) is 0 Å². The number of piperidine rings is 1. The lowest BCUT2D eigenvalue weighted by Crippen LogP contribution is -2.25. The van der Waals surface area contributed by atoms with Crippen LogP contribution in [0.25, 0.3) is 21.9 Å². The Balaban J connectivity index is 1.29. The molecule has 4 heterocycles. The van der Waals surface area contributed by atoms with Gasteiger partial charge < -0.3 is 10.1 Å². The van der Waals surface area contributed by atoms with E-state index in [9.17, 15) is 9.18 Å². The van der Waals surface area contributed by atoms with E-state index in [1.165, 1.54) is 6.07 Å². The molecule has 4 atom stereocenters. The molecule has 2 aliphatic carbocycles. The zero-order valence-electron chi connectivity index (χ0n) is 16.0. The normalized spacial score (nSPS) is 28.2. The highest BCUT2D eigenvalue weighted by molar-refractivity contribution is 5.92. The Morgan fingerprint density at radius 1 is 1.17 bits per heavy atom. The third-order valence-electron chi connectivity index (χ3n) is 6.56. The number of carbonyl (C=O) groups excluding carboxylic acids is 1. The SMILES string of the molecule is Cc1cc(C)c(-c2cc3cc(NC(=O)O[C@@]45C6NC[C@H]4[C@@H]65)ncc3cc2F)cn1. The lowest BCUT2D eigenvalue weighted by atomic mass is 9.99. The Morgan fingerprint density at radius 3 is 2.76 bits per heavy atom. The van der Waals surface area contributed by atoms with Crippen molar-refractivity contribution in [3.05, 3.63) is 53.7 Å². The third kappa shape index (κ3) is 2.34. The molecule has 4 fully saturated rings. The van der Waals surface area contributed by atoms with Crippen molar-refractivity contribution in [2.24, 2.45) is 11.8 Å². The van der Waals surface area contributed by atoms with Crippen molar-refractivity contribution in [2.75, 3.05) is 11.9 Å². The summed E-state index contributed by atoms with van der Waals surface area (Å²) in [6.45, 7) is 4.77. The molecule has 2 saturated heterocycles. The van der Waals surface area contributed by atoms with Crippen molar-refractivity contribution in [1.82, 2.24) is 15.3 Å². The molecule has 3 aromatic rings. The molecule has 1 amide bonds. The number of fused-ring (bicyclic) bond motifs is 2. The molecule has 7 rings (SSSR count). The Kier molecular flexibility index (Phi) is 3.20. The zero-order valence-corrected chi connectivity index (χ0v) is 16.0. The van der Waals surface area contributed by atoms with Crippen LogP contribution in [0.1, 0.15) is 11.3 Å². The highest BCUT2D eigenvalue weighted by Gasteiger charge is 2.93. The smallest absolute Gasteiger partial charge is 0.413 e. The predicted molar refractivity (Wildman–Crippen MR) is 106 cm³/mol. The standard InChI is InChI=1S/C22H19FN4O2/c1-10-3-11(2)24-8-15(10)14-4-12-6-18(25-7-13(12)5-17(14)23)27-21(28)29-22-16-9-26-20(22)19(16)22/h3-8,16,19-20,26H,9H2,1-2H3,(H,25,27,28)/t16-,19-,20?,22-/m0/s1. The summed E-state index contributed by atoms with van der Waals surface area (Å²) >= 11 is 0. The van der Waals surface area contributed by atoms with Crippen LogP contribution in [-0.2, 0) is 4.74 Å². The van der Waals surface area contributed by atoms with Gasteiger partial charge in [0.1, 0.15) is 17.2 Å². The first kappa shape index (κ1) is 16.9. The number of aryl methyl sites for hydroxylation is 2. The lowest BCUT2D eigenvalue weighted by molar-refractivity contribution is 0.118. The summed E-state index contributed by atoms with van der Waals surface area (Å²) in [6, 6.07) is 7.22. The molecule has 2 aliphatic heterocycles. The van der Waals surface area contributed by atoms with Gasteiger partial charge in [-0.1, -0.05) is 0 Å². The van der Waals surface area contributed by atoms with E-state index in [1.54, 1.807) is 24.5 Å². The Bertz CT molecular complexity index is 1190. The molecule has 2 aromatic heterocycles. The summed E-state index contributed by atoms with van der Waals surface area (Å²) < 4.78 is 20.4. The summed E-state index contributed by atoms with van der Waals surface area (Å²) in [5.74, 6) is 1.02. The van der Waals surface area contributed by atoms with Gasteiger partial charge in [0.25, 0.3) is 0 Å². The third-order valence-corrected chi connectivity index (χ3v) is 6.56. The number of nitrogens with zero attached hydrogens (tertiary/aromatic N) is 2. The molecule has 0 radical (unpaired) electrons. The van der Waals surface area contributed by atoms with Crippen molar-refractivity contribution in [3.63, 3.8) is 0 Å². The fourth-order valence-electron chi connectivity index (χ4n) is 4.98. The molecule has 0 spiro atoms. The first-order valence-corrected chi connectivity index (χ1v) is 9.73. The van der Waals surface area contributed by atoms with Gasteiger partial charge in [-0.2, -0.15) is 0 Å². The Morgan fingerprint density at radius 2 is 2.03 bits per heavy atom. The fraction of sp³-hybridized carbons (Fsp3) is 0.318. The number of anilines is 1. The van der Waals surface area contributed by atoms with Gasteiger partial charge in [0, 0.05) is 53.0 Å². The molecule has 1 aromatic carbocycles. The van der Waals surface area contributed by atoms with Crippen LogP contribution >= 0.6 is 0 Å². The predicted octanol–water partition coefficient (Wildman–Crippen LogP) is 3.57. The molecule has 7 heteroatoms. The maximum Gasteiger partial charge on any atom is 0.413 e. The summed E-state index contributed by atoms with van der Waals surface area (Å²) in [5, 5.41) is 7.49. The van der Waals surface area contributed by atoms with E-state index < -0.39 is 6.09 Å². The van der Waals surface area contributed by atoms with Gasteiger partial charge in [-0.3, -0.25) is 10.3 Å². The second-order valence-corrected chi connectivity index (χ2v) is 8.28. The van der Waals surface area contributed by atoms with Crippen LogP contribution < -0.4 is 10.6 Å². The molecule has 146 valence electrons. The number of pyridine rings is 2. The minimum Gasteiger partial charge on any atom is -0.440 e. The van der Waals surface area contributed by atoms with Crippen molar-refractivity contribution < 1.29 is 13.9 Å². The van der Waals surface area contributed by atoms with E-state index in [1.807, 2.05) is 19.9 Å². The lowest BCUT2D eigenvalue weighted by Gasteiger charge is -2.12. The van der Waals surface area contributed by atoms with E-state index in [0.29, 0.717) is 34.6 Å². The molecule has 2 bridgehead atoms. The van der Waals surface area contributed by atoms with Gasteiger partial charge in [-0.15, -0.1) is 0 Å². The number of benzene rings is 1. The van der Waals surface area contributed by atoms with E-state index in [4.69, 9.17) is 4.74 Å². The van der Waals surface area contributed by atoms with E-state index in [-0.39, 0.29) is 11.4 Å². The molecular formula is C22H19FN4O2. The minimum atomic E-state index is -0.489. The van der Waals surface area contributed by atoms with Crippen LogP contribution in [0.3, 0.4) is 0 Å². The van der Waals surface area contributed by atoms with Crippen molar-refractivity contribution in [2.45, 2.75) is 25.5 Å². The molecular weight excluding hydrogens is 371 g/mol. The quantitative estimate of drug-likeness (QED) is 0.715. The first-order valence-electron chi connectivity index (χ1n) is 9.73. The number of hydrogen-bond acceptors (Lipinski definition) is 5. The number of aromatic nitrogens is 2. The number of carbonyl (C=O) groups is 1. The molecule has 2 N–H and O–H groups in total. The topological polar surface area (TPSA) is 76.1 Å². The monoisotopic (exact) mass is 390 g/mol. The molecule has 2 saturated carbocycles. The van der Waals surface area contributed by atoms with Gasteiger partial charge in [0.05, 0.1) is 6.04 Å². The summed E-state index contributed by atoms with van der Waals surface area (Å²) in [4.78, 5) is 20.8. The van der Waals surface area contributed by atoms with Crippen molar-refractivity contribution in [3.8, 4) is 11.1 Å². The van der Waals surface area contributed by atoms with Crippen LogP contribution in [-0.4, -0.2) is 34.2 Å². The number of rotatable bonds is 3. The highest BCUT2D eigenvalue weighted by atomic mass is 19.1. The molecule has 29 heavy (non-hydrogen) atoms. The first-order chi connectivity index (χ1) is 14.0. The van der Waals surface area contributed by atoms with Crippen LogP contribution in [0.5, 0.6) is 0 Å². The van der Waals surface area contributed by atoms with E-state index in [2.05, 4.69) is 20.6 Å². The maximum atomic E-state index is 14.7. The molecule has 1 unspecified atom stereocenters. The van der Waals surface area contributed by atoms with Gasteiger partial charge in [0.15, 0.2) is 0 Å². The minimum absolute atomic E-state index is 0.271. The zero-order chi connectivity index (χ0) is 19.9. The number of amides is 1. The average molecular weight is 390 g/mol. The van der Waals surface area contributed by atoms with E-state index >= 15 is 0 Å². The number of halogens is 1. The van der Waals surface area contributed by atoms with Crippen LogP contribution in [0.4, 0.5) is 15.0 Å². The molecule has 4 aliphatic rings. The van der Waals surface area contributed by atoms with Gasteiger partial charge in [-0.05, 0) is 49.1 Å². The van der Waals surface area contributed by atoms with Crippen LogP contribution in [0.15, 0.2) is 36.7 Å². The van der Waals surface area contributed by atoms with Crippen LogP contribution in [0, 0.1) is 31.5 Å². The summed E-state index contributed by atoms with van der Waals surface area (Å²) in [5.41, 5.74) is 2.79. The highest BCUT2D eigenvalue weighted by Crippen LogP contribution is 2.77. The van der Waals surface area contributed by atoms with Gasteiger partial charge in [-0.25, -0.2) is 14.2 Å². The summed E-state index contributed by atoms with van der Waals surface area (Å²) in [6.07, 6.45) is 2.76. The van der Waals surface area contributed by atoms with E-state index in [0.717, 1.165) is 28.8 Å². The molecule has 6 nitrogen and oxygen atoms in total. The fourth-order valence-corrected chi connectivity index (χ4v) is 4.98. The number of ether oxygens (including phenoxy) is 1. The average Bonchev–Trinajstić information content (AvgIpc) is 3.30. The maximum absolute atomic E-state index is 14.7. The second kappa shape index (κ2) is 5.51. The summed E-state index contributed by atoms with van der Waals surface area (Å²) in [7, 11) is 0. The Labute approximate surface area is 166 Å². The van der Waals surface area contributed by atoms with Crippen LogP contribution in [0.2, 0.25) is 0 Å². The number of nitrogens with one attached hydrogen (secondary N) is 2. The van der Waals surface area contributed by atoms with Gasteiger partial charge >= 0.3 is 6.09 Å². The largest absolute Gasteiger partial charge is 0.440 e. The number of hydrogen-bond donors (Lipinski definition) is 2. The van der Waals surface area contributed by atoms with Crippen molar-refractivity contribution >= 4 is 22.7 Å².